The molecule has 1 aromatic heterocycles. The molecule has 0 atom stereocenters. The Labute approximate surface area is 195 Å². The largest absolute Gasteiger partial charge is 0.493 e. The average Bonchev–Trinajstić information content (AvgIpc) is 3.07. The standard InChI is InChI=1S/C26H32N4O3/c1-18(2)13-15-33-22-12-11-20(17-23(22)32-3)26(31)27-21-9-7-8-19(16-21)25-29-28-24-10-5-4-6-14-30(24)25/h7-9,11-12,16-18H,4-6,10,13-15H2,1-3H3,(H,27,31). The molecule has 7 heteroatoms. The van der Waals surface area contributed by atoms with E-state index in [0.717, 1.165) is 49.4 Å². The highest BCUT2D eigenvalue weighted by Crippen LogP contribution is 2.29. The van der Waals surface area contributed by atoms with Gasteiger partial charge in [0.2, 0.25) is 0 Å². The minimum absolute atomic E-state index is 0.209. The minimum Gasteiger partial charge on any atom is -0.493 e. The molecule has 7 nitrogen and oxygen atoms in total. The van der Waals surface area contributed by atoms with E-state index in [0.29, 0.717) is 35.3 Å². The molecule has 2 heterocycles. The van der Waals surface area contributed by atoms with Crippen molar-refractivity contribution in [2.24, 2.45) is 5.92 Å². The van der Waals surface area contributed by atoms with Crippen molar-refractivity contribution < 1.29 is 14.3 Å². The number of carbonyl (C=O) groups excluding carboxylic acids is 1. The summed E-state index contributed by atoms with van der Waals surface area (Å²) in [5.74, 6) is 3.44. The van der Waals surface area contributed by atoms with E-state index in [1.807, 2.05) is 24.3 Å². The summed E-state index contributed by atoms with van der Waals surface area (Å²) >= 11 is 0. The van der Waals surface area contributed by atoms with E-state index < -0.39 is 0 Å². The molecule has 0 radical (unpaired) electrons. The van der Waals surface area contributed by atoms with Crippen molar-refractivity contribution in [2.45, 2.75) is 52.5 Å². The number of hydrogen-bond donors (Lipinski definition) is 1. The molecule has 3 aromatic rings. The van der Waals surface area contributed by atoms with E-state index in [9.17, 15) is 4.79 Å². The average molecular weight is 449 g/mol. The van der Waals surface area contributed by atoms with Gasteiger partial charge < -0.3 is 19.4 Å². The fourth-order valence-electron chi connectivity index (χ4n) is 3.97. The van der Waals surface area contributed by atoms with Crippen LogP contribution in [0.2, 0.25) is 0 Å². The van der Waals surface area contributed by atoms with Gasteiger partial charge in [-0.25, -0.2) is 0 Å². The quantitative estimate of drug-likeness (QED) is 0.502. The summed E-state index contributed by atoms with van der Waals surface area (Å²) < 4.78 is 13.5. The number of rotatable bonds is 8. The van der Waals surface area contributed by atoms with Gasteiger partial charge in [0.05, 0.1) is 13.7 Å². The summed E-state index contributed by atoms with van der Waals surface area (Å²) in [6.45, 7) is 5.85. The van der Waals surface area contributed by atoms with Gasteiger partial charge in [-0.15, -0.1) is 10.2 Å². The van der Waals surface area contributed by atoms with E-state index in [1.54, 1.807) is 25.3 Å². The fraction of sp³-hybridized carbons (Fsp3) is 0.423. The molecule has 1 N–H and O–H groups in total. The topological polar surface area (TPSA) is 78.3 Å². The number of aromatic nitrogens is 3. The molecular weight excluding hydrogens is 416 g/mol. The monoisotopic (exact) mass is 448 g/mol. The molecule has 1 amide bonds. The summed E-state index contributed by atoms with van der Waals surface area (Å²) in [4.78, 5) is 12.9. The first-order valence-corrected chi connectivity index (χ1v) is 11.7. The number of nitrogens with one attached hydrogen (secondary N) is 1. The van der Waals surface area contributed by atoms with Gasteiger partial charge in [0.1, 0.15) is 5.82 Å². The van der Waals surface area contributed by atoms with Gasteiger partial charge in [-0.2, -0.15) is 0 Å². The second-order valence-electron chi connectivity index (χ2n) is 8.83. The second kappa shape index (κ2) is 10.5. The highest BCUT2D eigenvalue weighted by molar-refractivity contribution is 6.04. The van der Waals surface area contributed by atoms with Crippen LogP contribution in [0.25, 0.3) is 11.4 Å². The summed E-state index contributed by atoms with van der Waals surface area (Å²) in [6.07, 6.45) is 5.41. The van der Waals surface area contributed by atoms with Crippen molar-refractivity contribution in [1.82, 2.24) is 14.8 Å². The Hall–Kier alpha value is -3.35. The van der Waals surface area contributed by atoms with Crippen LogP contribution in [-0.2, 0) is 13.0 Å². The third kappa shape index (κ3) is 5.53. The number of fused-ring (bicyclic) bond motifs is 1. The summed E-state index contributed by atoms with van der Waals surface area (Å²) in [7, 11) is 1.58. The predicted molar refractivity (Wildman–Crippen MR) is 129 cm³/mol. The number of carbonyl (C=O) groups is 1. The van der Waals surface area contributed by atoms with Crippen LogP contribution in [0.4, 0.5) is 5.69 Å². The first kappa shape index (κ1) is 22.8. The van der Waals surface area contributed by atoms with E-state index in [1.165, 1.54) is 6.42 Å². The van der Waals surface area contributed by atoms with Crippen molar-refractivity contribution in [1.29, 1.82) is 0 Å². The van der Waals surface area contributed by atoms with Gasteiger partial charge in [-0.1, -0.05) is 32.4 Å². The summed E-state index contributed by atoms with van der Waals surface area (Å²) in [5, 5.41) is 11.8. The lowest BCUT2D eigenvalue weighted by Crippen LogP contribution is -2.12. The van der Waals surface area contributed by atoms with E-state index in [2.05, 4.69) is 33.9 Å². The first-order valence-electron chi connectivity index (χ1n) is 11.7. The van der Waals surface area contributed by atoms with Crippen LogP contribution in [0, 0.1) is 5.92 Å². The lowest BCUT2D eigenvalue weighted by atomic mass is 10.1. The van der Waals surface area contributed by atoms with Crippen molar-refractivity contribution in [3.8, 4) is 22.9 Å². The molecular formula is C26H32N4O3. The van der Waals surface area contributed by atoms with E-state index >= 15 is 0 Å². The number of amides is 1. The van der Waals surface area contributed by atoms with Crippen LogP contribution >= 0.6 is 0 Å². The van der Waals surface area contributed by atoms with Gasteiger partial charge in [0, 0.05) is 29.8 Å². The van der Waals surface area contributed by atoms with Crippen molar-refractivity contribution in [3.05, 3.63) is 53.9 Å². The zero-order chi connectivity index (χ0) is 23.2. The van der Waals surface area contributed by atoms with Crippen molar-refractivity contribution >= 4 is 11.6 Å². The predicted octanol–water partition coefficient (Wildman–Crippen LogP) is 5.36. The molecule has 0 spiro atoms. The van der Waals surface area contributed by atoms with Crippen LogP contribution in [0.15, 0.2) is 42.5 Å². The van der Waals surface area contributed by atoms with Crippen LogP contribution in [0.1, 0.15) is 55.7 Å². The summed E-state index contributed by atoms with van der Waals surface area (Å²) in [5.41, 5.74) is 2.16. The van der Waals surface area contributed by atoms with E-state index in [-0.39, 0.29) is 5.91 Å². The van der Waals surface area contributed by atoms with Crippen LogP contribution < -0.4 is 14.8 Å². The third-order valence-electron chi connectivity index (χ3n) is 5.87. The SMILES string of the molecule is COc1cc(C(=O)Nc2cccc(-c3nnc4n3CCCCC4)c2)ccc1OCCC(C)C. The molecule has 2 aromatic carbocycles. The normalized spacial score (nSPS) is 13.3. The molecule has 1 aliphatic rings. The number of nitrogens with zero attached hydrogens (tertiary/aromatic N) is 3. The molecule has 0 saturated heterocycles. The molecule has 4 rings (SSSR count). The zero-order valence-electron chi connectivity index (χ0n) is 19.6. The lowest BCUT2D eigenvalue weighted by Gasteiger charge is -2.13. The third-order valence-corrected chi connectivity index (χ3v) is 5.87. The number of methoxy groups -OCH3 is 1. The molecule has 0 saturated carbocycles. The second-order valence-corrected chi connectivity index (χ2v) is 8.83. The van der Waals surface area contributed by atoms with Gasteiger partial charge in [0.25, 0.3) is 5.91 Å². The number of anilines is 1. The zero-order valence-corrected chi connectivity index (χ0v) is 19.6. The molecule has 33 heavy (non-hydrogen) atoms. The molecule has 0 unspecified atom stereocenters. The molecule has 0 bridgehead atoms. The van der Waals surface area contributed by atoms with Crippen LogP contribution in [0.3, 0.4) is 0 Å². The first-order chi connectivity index (χ1) is 16.0. The van der Waals surface area contributed by atoms with Gasteiger partial charge in [-0.05, 0) is 55.5 Å². The van der Waals surface area contributed by atoms with Gasteiger partial charge >= 0.3 is 0 Å². The number of aryl methyl sites for hydroxylation is 1. The minimum atomic E-state index is -0.209. The number of ether oxygens (including phenoxy) is 2. The molecule has 0 aliphatic carbocycles. The maximum Gasteiger partial charge on any atom is 0.255 e. The fourth-order valence-corrected chi connectivity index (χ4v) is 3.97. The Morgan fingerprint density at radius 1 is 1.09 bits per heavy atom. The molecule has 0 fully saturated rings. The Morgan fingerprint density at radius 2 is 1.97 bits per heavy atom. The van der Waals surface area contributed by atoms with Crippen molar-refractivity contribution in [3.63, 3.8) is 0 Å². The van der Waals surface area contributed by atoms with Crippen molar-refractivity contribution in [2.75, 3.05) is 19.0 Å². The molecule has 1 aliphatic heterocycles. The maximum atomic E-state index is 12.9. The maximum absolute atomic E-state index is 12.9. The van der Waals surface area contributed by atoms with Gasteiger partial charge in [0.15, 0.2) is 17.3 Å². The highest BCUT2D eigenvalue weighted by atomic mass is 16.5. The van der Waals surface area contributed by atoms with Crippen LogP contribution in [0.5, 0.6) is 11.5 Å². The Kier molecular flexibility index (Phi) is 7.27. The van der Waals surface area contributed by atoms with Crippen LogP contribution in [-0.4, -0.2) is 34.4 Å². The summed E-state index contributed by atoms with van der Waals surface area (Å²) in [6, 6.07) is 13.0. The number of hydrogen-bond acceptors (Lipinski definition) is 5. The van der Waals surface area contributed by atoms with Gasteiger partial charge in [-0.3, -0.25) is 4.79 Å². The highest BCUT2D eigenvalue weighted by Gasteiger charge is 2.17. The Morgan fingerprint density at radius 3 is 2.79 bits per heavy atom. The number of benzene rings is 2. The Balaban J connectivity index is 1.49. The molecule has 174 valence electrons. The lowest BCUT2D eigenvalue weighted by molar-refractivity contribution is 0.102. The smallest absolute Gasteiger partial charge is 0.255 e. The van der Waals surface area contributed by atoms with E-state index in [4.69, 9.17) is 9.47 Å². The Bertz CT molecular complexity index is 1110.